The Morgan fingerprint density at radius 1 is 0.750 bits per heavy atom. The van der Waals surface area contributed by atoms with E-state index in [2.05, 4.69) is 0 Å². The number of hydrogen-bond donors (Lipinski definition) is 0. The third-order valence-electron chi connectivity index (χ3n) is 7.70. The molecule has 0 saturated heterocycles. The van der Waals surface area contributed by atoms with Crippen LogP contribution in [0.25, 0.3) is 5.57 Å². The van der Waals surface area contributed by atoms with E-state index in [1.54, 1.807) is 50.8 Å². The summed E-state index contributed by atoms with van der Waals surface area (Å²) in [7, 11) is 1.53. The van der Waals surface area contributed by atoms with Crippen molar-refractivity contribution in [3.8, 4) is 5.75 Å². The van der Waals surface area contributed by atoms with Crippen molar-refractivity contribution in [2.75, 3.05) is 38.4 Å². The molecule has 48 heavy (non-hydrogen) atoms. The zero-order valence-electron chi connectivity index (χ0n) is 28.4. The van der Waals surface area contributed by atoms with Crippen LogP contribution in [0.5, 0.6) is 5.75 Å². The minimum absolute atomic E-state index is 0.0116. The first-order valence-electron chi connectivity index (χ1n) is 15.9. The van der Waals surface area contributed by atoms with Gasteiger partial charge in [-0.2, -0.15) is 0 Å². The van der Waals surface area contributed by atoms with Gasteiger partial charge < -0.3 is 28.6 Å². The molecule has 260 valence electrons. The summed E-state index contributed by atoms with van der Waals surface area (Å²) in [6.07, 6.45) is 1.74. The van der Waals surface area contributed by atoms with Crippen molar-refractivity contribution in [2.24, 2.45) is 0 Å². The van der Waals surface area contributed by atoms with Crippen LogP contribution in [-0.4, -0.2) is 72.9 Å². The standard InChI is InChI=1S/C34H41NO10S3/c1-9-14-15-22(36)35-21-18-19(41-8)16-17-20(21)23-28(33(35,6)7)46-25(30(38)43-11-3)24(29(37)42-10-2)34(23)47-26(31(39)44-12-4)27(48-34)32(40)45-13-5/h16-18H,9-15H2,1-8H3. The molecule has 0 aromatic heterocycles. The number of methoxy groups -OCH3 is 1. The second kappa shape index (κ2) is 15.5. The van der Waals surface area contributed by atoms with E-state index < -0.39 is 33.5 Å². The van der Waals surface area contributed by atoms with Crippen LogP contribution in [0.3, 0.4) is 0 Å². The van der Waals surface area contributed by atoms with Crippen LogP contribution in [0.4, 0.5) is 5.69 Å². The van der Waals surface area contributed by atoms with Crippen molar-refractivity contribution in [1.29, 1.82) is 0 Å². The Labute approximate surface area is 293 Å². The molecule has 3 aliphatic rings. The topological polar surface area (TPSA) is 135 Å². The van der Waals surface area contributed by atoms with E-state index in [0.29, 0.717) is 33.9 Å². The van der Waals surface area contributed by atoms with Crippen LogP contribution < -0.4 is 9.64 Å². The molecule has 4 rings (SSSR count). The molecular formula is C34H41NO10S3. The van der Waals surface area contributed by atoms with Gasteiger partial charge in [0.2, 0.25) is 5.91 Å². The Bertz CT molecular complexity index is 1580. The molecule has 1 spiro atoms. The van der Waals surface area contributed by atoms with Gasteiger partial charge in [-0.1, -0.05) is 48.6 Å². The monoisotopic (exact) mass is 719 g/mol. The maximum Gasteiger partial charge on any atom is 0.346 e. The number of fused-ring (bicyclic) bond motifs is 3. The summed E-state index contributed by atoms with van der Waals surface area (Å²) in [4.78, 5) is 71.1. The average molecular weight is 720 g/mol. The minimum atomic E-state index is -1.64. The molecule has 0 aliphatic carbocycles. The zero-order valence-corrected chi connectivity index (χ0v) is 30.9. The number of anilines is 1. The summed E-state index contributed by atoms with van der Waals surface area (Å²) < 4.78 is 25.8. The lowest BCUT2D eigenvalue weighted by atomic mass is 9.83. The molecule has 1 aromatic carbocycles. The summed E-state index contributed by atoms with van der Waals surface area (Å²) in [6.45, 7) is 12.4. The number of nitrogens with zero attached hydrogens (tertiary/aromatic N) is 1. The second-order valence-corrected chi connectivity index (χ2v) is 14.9. The van der Waals surface area contributed by atoms with Crippen molar-refractivity contribution in [3.05, 3.63) is 49.0 Å². The average Bonchev–Trinajstić information content (AvgIpc) is 3.44. The quantitative estimate of drug-likeness (QED) is 0.175. The van der Waals surface area contributed by atoms with Crippen molar-refractivity contribution < 1.29 is 47.7 Å². The first kappa shape index (κ1) is 37.5. The van der Waals surface area contributed by atoms with Crippen molar-refractivity contribution in [3.63, 3.8) is 0 Å². The SMILES string of the molecule is CCCCC(=O)N1c2cc(OC)ccc2C2=C(SC(C(=O)OCC)=C(C(=O)OCC)C23SC(C(=O)OCC)=C(C(=O)OCC)S3)C1(C)C. The number of esters is 4. The van der Waals surface area contributed by atoms with E-state index in [1.807, 2.05) is 20.8 Å². The van der Waals surface area contributed by atoms with Gasteiger partial charge in [0.05, 0.1) is 50.3 Å². The van der Waals surface area contributed by atoms with E-state index in [0.717, 1.165) is 41.7 Å². The summed E-state index contributed by atoms with van der Waals surface area (Å²) in [5.41, 5.74) is 0.423. The minimum Gasteiger partial charge on any atom is -0.497 e. The third kappa shape index (κ3) is 6.62. The van der Waals surface area contributed by atoms with Gasteiger partial charge in [0, 0.05) is 28.5 Å². The molecule has 1 aromatic rings. The van der Waals surface area contributed by atoms with Crippen LogP contribution in [-0.2, 0) is 42.9 Å². The number of benzene rings is 1. The molecule has 0 N–H and O–H groups in total. The van der Waals surface area contributed by atoms with Crippen LogP contribution >= 0.6 is 35.3 Å². The largest absolute Gasteiger partial charge is 0.497 e. The van der Waals surface area contributed by atoms with E-state index in [9.17, 15) is 24.0 Å². The summed E-state index contributed by atoms with van der Waals surface area (Å²) >= 11 is 2.88. The fraction of sp³-hybridized carbons (Fsp3) is 0.500. The van der Waals surface area contributed by atoms with Crippen LogP contribution in [0.2, 0.25) is 0 Å². The lowest BCUT2D eigenvalue weighted by Gasteiger charge is -2.51. The van der Waals surface area contributed by atoms with Crippen LogP contribution in [0.1, 0.15) is 73.3 Å². The fourth-order valence-electron chi connectivity index (χ4n) is 5.72. The molecule has 0 bridgehead atoms. The number of amides is 1. The van der Waals surface area contributed by atoms with Gasteiger partial charge in [-0.15, -0.1) is 0 Å². The highest BCUT2D eigenvalue weighted by atomic mass is 32.2. The number of ether oxygens (including phenoxy) is 5. The third-order valence-corrected chi connectivity index (χ3v) is 12.4. The number of carbonyl (C=O) groups excluding carboxylic acids is 5. The zero-order chi connectivity index (χ0) is 35.4. The number of thioether (sulfide) groups is 3. The molecule has 1 amide bonds. The molecule has 14 heteroatoms. The Hall–Kier alpha value is -3.36. The summed E-state index contributed by atoms with van der Waals surface area (Å²) in [5, 5.41) is 0. The maximum atomic E-state index is 14.1. The highest BCUT2D eigenvalue weighted by Crippen LogP contribution is 2.71. The number of rotatable bonds is 12. The first-order valence-corrected chi connectivity index (χ1v) is 18.3. The highest BCUT2D eigenvalue weighted by molar-refractivity contribution is 8.26. The molecular weight excluding hydrogens is 679 g/mol. The maximum absolute atomic E-state index is 14.1. The molecule has 11 nitrogen and oxygen atoms in total. The van der Waals surface area contributed by atoms with E-state index >= 15 is 0 Å². The Morgan fingerprint density at radius 3 is 1.77 bits per heavy atom. The van der Waals surface area contributed by atoms with Crippen molar-refractivity contribution in [2.45, 2.75) is 77.3 Å². The fourth-order valence-corrected chi connectivity index (χ4v) is 10.7. The number of unbranched alkanes of at least 4 members (excludes halogenated alkanes) is 1. The Morgan fingerprint density at radius 2 is 1.27 bits per heavy atom. The van der Waals surface area contributed by atoms with E-state index in [-0.39, 0.29) is 59.0 Å². The predicted molar refractivity (Wildman–Crippen MR) is 187 cm³/mol. The molecule has 3 aliphatic heterocycles. The molecule has 3 heterocycles. The van der Waals surface area contributed by atoms with Crippen molar-refractivity contribution in [1.82, 2.24) is 0 Å². The second-order valence-electron chi connectivity index (χ2n) is 11.1. The molecule has 0 unspecified atom stereocenters. The van der Waals surface area contributed by atoms with E-state index in [4.69, 9.17) is 23.7 Å². The van der Waals surface area contributed by atoms with Crippen LogP contribution in [0.15, 0.2) is 43.4 Å². The summed E-state index contributed by atoms with van der Waals surface area (Å²) in [6, 6.07) is 5.28. The van der Waals surface area contributed by atoms with Gasteiger partial charge in [-0.3, -0.25) is 4.79 Å². The van der Waals surface area contributed by atoms with Gasteiger partial charge in [0.1, 0.15) is 24.5 Å². The number of carbonyl (C=O) groups is 5. The normalized spacial score (nSPS) is 17.5. The van der Waals surface area contributed by atoms with Gasteiger partial charge in [0.25, 0.3) is 0 Å². The highest BCUT2D eigenvalue weighted by Gasteiger charge is 2.62. The Balaban J connectivity index is 2.15. The number of hydrogen-bond acceptors (Lipinski definition) is 13. The lowest BCUT2D eigenvalue weighted by Crippen LogP contribution is -2.53. The van der Waals surface area contributed by atoms with Crippen LogP contribution in [0, 0.1) is 0 Å². The molecule has 0 saturated carbocycles. The van der Waals surface area contributed by atoms with Gasteiger partial charge in [0.15, 0.2) is 0 Å². The molecule has 0 radical (unpaired) electrons. The van der Waals surface area contributed by atoms with Gasteiger partial charge in [-0.05, 0) is 60.1 Å². The molecule has 0 atom stereocenters. The van der Waals surface area contributed by atoms with Gasteiger partial charge >= 0.3 is 23.9 Å². The molecule has 0 fully saturated rings. The van der Waals surface area contributed by atoms with Crippen molar-refractivity contribution >= 4 is 76.3 Å². The first-order chi connectivity index (χ1) is 22.9. The van der Waals surface area contributed by atoms with E-state index in [1.165, 1.54) is 7.11 Å². The van der Waals surface area contributed by atoms with Gasteiger partial charge in [-0.25, -0.2) is 19.2 Å². The smallest absolute Gasteiger partial charge is 0.346 e. The predicted octanol–water partition coefficient (Wildman–Crippen LogP) is 6.36. The summed E-state index contributed by atoms with van der Waals surface area (Å²) in [5.74, 6) is -2.80. The Kier molecular flexibility index (Phi) is 12.1. The lowest BCUT2D eigenvalue weighted by molar-refractivity contribution is -0.141.